The lowest BCUT2D eigenvalue weighted by atomic mass is 10.0. The molecule has 54 heavy (non-hydrogen) atoms. The molecule has 10 heteroatoms. The molecule has 0 bridgehead atoms. The largest absolute Gasteiger partial charge is 0.472 e. The Hall–Kier alpha value is -0.990. The lowest BCUT2D eigenvalue weighted by molar-refractivity contribution is -0.161. The van der Waals surface area contributed by atoms with E-state index in [1.165, 1.54) is 173 Å². The summed E-state index contributed by atoms with van der Waals surface area (Å²) in [7, 11) is -4.36. The van der Waals surface area contributed by atoms with Gasteiger partial charge in [0.25, 0.3) is 0 Å². The van der Waals surface area contributed by atoms with Gasteiger partial charge in [-0.2, -0.15) is 0 Å². The van der Waals surface area contributed by atoms with Crippen molar-refractivity contribution < 1.29 is 37.6 Å². The molecule has 0 rings (SSSR count). The van der Waals surface area contributed by atoms with Gasteiger partial charge in [-0.25, -0.2) is 4.57 Å². The number of nitrogens with two attached hydrogens (primary N) is 1. The minimum absolute atomic E-state index is 0.0579. The molecule has 0 spiro atoms. The number of ether oxygens (including phenoxy) is 2. The van der Waals surface area contributed by atoms with Crippen molar-refractivity contribution in [3.05, 3.63) is 0 Å². The summed E-state index contributed by atoms with van der Waals surface area (Å²) >= 11 is 0. The van der Waals surface area contributed by atoms with Crippen LogP contribution in [0.2, 0.25) is 0 Å². The normalized spacial score (nSPS) is 13.2. The fourth-order valence-corrected chi connectivity index (χ4v) is 7.58. The highest BCUT2D eigenvalue weighted by Gasteiger charge is 2.26. The summed E-state index contributed by atoms with van der Waals surface area (Å²) in [5, 5.41) is 0. The minimum Gasteiger partial charge on any atom is -0.462 e. The SMILES string of the molecule is CCCCCCCCCCCCCCCCCCCCCCCCCCC(=O)OC(COC(=O)CCCCCCCCCCC)COP(=O)(O)OCCN. The van der Waals surface area contributed by atoms with E-state index in [9.17, 15) is 19.0 Å². The molecule has 0 amide bonds. The highest BCUT2D eigenvalue weighted by molar-refractivity contribution is 7.47. The number of rotatable bonds is 44. The van der Waals surface area contributed by atoms with Crippen molar-refractivity contribution in [3.8, 4) is 0 Å². The number of carbonyl (C=O) groups is 2. The summed E-state index contributed by atoms with van der Waals surface area (Å²) in [5.41, 5.74) is 5.34. The van der Waals surface area contributed by atoms with E-state index in [0.717, 1.165) is 32.1 Å². The van der Waals surface area contributed by atoms with Crippen molar-refractivity contribution in [2.45, 2.75) is 245 Å². The van der Waals surface area contributed by atoms with Crippen molar-refractivity contribution >= 4 is 19.8 Å². The van der Waals surface area contributed by atoms with Crippen molar-refractivity contribution in [1.29, 1.82) is 0 Å². The van der Waals surface area contributed by atoms with Crippen LogP contribution in [0.25, 0.3) is 0 Å². The van der Waals surface area contributed by atoms with Gasteiger partial charge in [-0.15, -0.1) is 0 Å². The number of hydrogen-bond donors (Lipinski definition) is 2. The summed E-state index contributed by atoms with van der Waals surface area (Å²) < 4.78 is 32.7. The average Bonchev–Trinajstić information content (AvgIpc) is 3.16. The van der Waals surface area contributed by atoms with Gasteiger partial charge >= 0.3 is 19.8 Å². The zero-order chi connectivity index (χ0) is 39.6. The molecule has 0 aliphatic carbocycles. The maximum Gasteiger partial charge on any atom is 0.472 e. The zero-order valence-corrected chi connectivity index (χ0v) is 36.4. The lowest BCUT2D eigenvalue weighted by Crippen LogP contribution is -2.29. The second-order valence-electron chi connectivity index (χ2n) is 15.6. The fourth-order valence-electron chi connectivity index (χ4n) is 6.81. The molecule has 0 saturated heterocycles. The van der Waals surface area contributed by atoms with Gasteiger partial charge in [0.15, 0.2) is 6.10 Å². The molecule has 0 aromatic heterocycles. The van der Waals surface area contributed by atoms with Crippen LogP contribution in [-0.2, 0) is 32.7 Å². The quantitative estimate of drug-likeness (QED) is 0.0351. The first kappa shape index (κ1) is 53.0. The van der Waals surface area contributed by atoms with Crippen molar-refractivity contribution in [3.63, 3.8) is 0 Å². The van der Waals surface area contributed by atoms with Crippen LogP contribution in [0.15, 0.2) is 0 Å². The van der Waals surface area contributed by atoms with Crippen LogP contribution in [0, 0.1) is 0 Å². The van der Waals surface area contributed by atoms with E-state index >= 15 is 0 Å². The van der Waals surface area contributed by atoms with Crippen LogP contribution in [0.3, 0.4) is 0 Å². The molecule has 322 valence electrons. The molecule has 0 saturated carbocycles. The van der Waals surface area contributed by atoms with Gasteiger partial charge in [-0.3, -0.25) is 18.6 Å². The van der Waals surface area contributed by atoms with E-state index in [0.29, 0.717) is 6.42 Å². The summed E-state index contributed by atoms with van der Waals surface area (Å²) in [5.74, 6) is -0.816. The van der Waals surface area contributed by atoms with Crippen LogP contribution in [-0.4, -0.2) is 49.3 Å². The van der Waals surface area contributed by atoms with E-state index < -0.39 is 26.5 Å². The monoisotopic (exact) mass is 790 g/mol. The molecule has 0 aliphatic heterocycles. The Morgan fingerprint density at radius 2 is 0.796 bits per heavy atom. The Bertz CT molecular complexity index is 860. The second-order valence-corrected chi connectivity index (χ2v) is 17.1. The first-order valence-corrected chi connectivity index (χ1v) is 24.5. The number of hydrogen-bond acceptors (Lipinski definition) is 8. The predicted octanol–water partition coefficient (Wildman–Crippen LogP) is 13.2. The van der Waals surface area contributed by atoms with Gasteiger partial charge in [-0.1, -0.05) is 213 Å². The number of esters is 2. The molecule has 2 atom stereocenters. The van der Waals surface area contributed by atoms with E-state index in [-0.39, 0.29) is 38.6 Å². The summed E-state index contributed by atoms with van der Waals surface area (Å²) in [6.45, 7) is 3.75. The highest BCUT2D eigenvalue weighted by Crippen LogP contribution is 2.43. The molecule has 0 aromatic rings. The number of phosphoric ester groups is 1. The van der Waals surface area contributed by atoms with Gasteiger partial charge < -0.3 is 20.1 Å². The molecule has 0 fully saturated rings. The van der Waals surface area contributed by atoms with Gasteiger partial charge in [0.05, 0.1) is 13.2 Å². The third-order valence-electron chi connectivity index (χ3n) is 10.2. The van der Waals surface area contributed by atoms with Gasteiger partial charge in [0, 0.05) is 19.4 Å². The van der Waals surface area contributed by atoms with Gasteiger partial charge in [0.1, 0.15) is 6.61 Å². The molecular formula is C44H88NO8P. The maximum atomic E-state index is 12.6. The van der Waals surface area contributed by atoms with E-state index in [1.54, 1.807) is 0 Å². The Kier molecular flexibility index (Phi) is 40.9. The molecule has 2 unspecified atom stereocenters. The van der Waals surface area contributed by atoms with Crippen molar-refractivity contribution in [2.24, 2.45) is 5.73 Å². The van der Waals surface area contributed by atoms with Crippen LogP contribution in [0.1, 0.15) is 239 Å². The summed E-state index contributed by atoms with van der Waals surface area (Å²) in [6, 6.07) is 0. The number of unbranched alkanes of at least 4 members (excludes halogenated alkanes) is 31. The smallest absolute Gasteiger partial charge is 0.462 e. The number of carbonyl (C=O) groups excluding carboxylic acids is 2. The van der Waals surface area contributed by atoms with E-state index in [2.05, 4.69) is 13.8 Å². The molecule has 0 radical (unpaired) electrons. The topological polar surface area (TPSA) is 134 Å². The Labute approximate surface area is 333 Å². The van der Waals surface area contributed by atoms with Crippen LogP contribution < -0.4 is 5.73 Å². The molecule has 0 aliphatic rings. The second kappa shape index (κ2) is 41.6. The summed E-state index contributed by atoms with van der Waals surface area (Å²) in [6.07, 6.45) is 41.6. The molecule has 3 N–H and O–H groups in total. The number of phosphoric acid groups is 1. The van der Waals surface area contributed by atoms with Gasteiger partial charge in [0.2, 0.25) is 0 Å². The van der Waals surface area contributed by atoms with Gasteiger partial charge in [-0.05, 0) is 12.8 Å². The first-order valence-electron chi connectivity index (χ1n) is 23.0. The van der Waals surface area contributed by atoms with Crippen molar-refractivity contribution in [2.75, 3.05) is 26.4 Å². The molecule has 0 heterocycles. The predicted molar refractivity (Wildman–Crippen MR) is 225 cm³/mol. The highest BCUT2D eigenvalue weighted by atomic mass is 31.2. The van der Waals surface area contributed by atoms with E-state index in [4.69, 9.17) is 24.3 Å². The average molecular weight is 790 g/mol. The minimum atomic E-state index is -4.36. The van der Waals surface area contributed by atoms with Crippen molar-refractivity contribution in [1.82, 2.24) is 0 Å². The Morgan fingerprint density at radius 1 is 0.481 bits per heavy atom. The summed E-state index contributed by atoms with van der Waals surface area (Å²) in [4.78, 5) is 34.8. The lowest BCUT2D eigenvalue weighted by Gasteiger charge is -2.19. The third-order valence-corrected chi connectivity index (χ3v) is 11.2. The van der Waals surface area contributed by atoms with Crippen LogP contribution >= 0.6 is 7.82 Å². The van der Waals surface area contributed by atoms with Crippen LogP contribution in [0.4, 0.5) is 0 Å². The standard InChI is InChI=1S/C44H88NO8P/c1-3-5-7-9-11-13-14-15-16-17-18-19-20-21-22-23-24-25-26-27-29-31-33-35-37-44(47)53-42(41-52-54(48,49)51-39-38-45)40-50-43(46)36-34-32-30-28-12-10-8-6-4-2/h42H,3-41,45H2,1-2H3,(H,48,49). The first-order chi connectivity index (χ1) is 26.3. The molecule has 9 nitrogen and oxygen atoms in total. The zero-order valence-electron chi connectivity index (χ0n) is 35.5. The Morgan fingerprint density at radius 3 is 1.13 bits per heavy atom. The third kappa shape index (κ3) is 40.7. The van der Waals surface area contributed by atoms with Crippen LogP contribution in [0.5, 0.6) is 0 Å². The molecular weight excluding hydrogens is 701 g/mol. The molecule has 0 aromatic carbocycles. The maximum absolute atomic E-state index is 12.6. The Balaban J connectivity index is 3.92. The van der Waals surface area contributed by atoms with E-state index in [1.807, 2.05) is 0 Å². The fraction of sp³-hybridized carbons (Fsp3) is 0.955.